The van der Waals surface area contributed by atoms with Gasteiger partial charge in [-0.1, -0.05) is 0 Å². The minimum Gasteiger partial charge on any atom is -0.289 e. The summed E-state index contributed by atoms with van der Waals surface area (Å²) in [6.07, 6.45) is 0. The highest BCUT2D eigenvalue weighted by molar-refractivity contribution is 7.79. The van der Waals surface area contributed by atoms with Crippen molar-refractivity contribution in [2.45, 2.75) is 5.75 Å². The first kappa shape index (κ1) is 8.58. The number of nitrogen functional groups attached to an aromatic ring is 1. The molecule has 0 unspecified atom stereocenters. The summed E-state index contributed by atoms with van der Waals surface area (Å²) >= 11 is 5.43. The lowest BCUT2D eigenvalue weighted by molar-refractivity contribution is 0.0957. The van der Waals surface area contributed by atoms with E-state index < -0.39 is 0 Å². The number of hydrazine groups is 1. The van der Waals surface area contributed by atoms with E-state index in [9.17, 15) is 4.79 Å². The molecule has 0 saturated carbocycles. The number of amides is 1. The third-order valence-electron chi connectivity index (χ3n) is 1.25. The summed E-state index contributed by atoms with van der Waals surface area (Å²) in [4.78, 5) is 11.6. The number of nitrogens with two attached hydrogens (primary N) is 1. The van der Waals surface area contributed by atoms with Gasteiger partial charge in [0, 0.05) is 5.75 Å². The summed E-state index contributed by atoms with van der Waals surface area (Å²) in [5.74, 6) is 5.28. The number of thiol groups is 1. The standard InChI is InChI=1S/C6H8N2OS2/c7-8-6(9)5-4(3-10)1-2-11-5/h1-2,10H,3,7H2,(H,8,9). The zero-order valence-corrected chi connectivity index (χ0v) is 7.41. The average Bonchev–Trinajstić information content (AvgIpc) is 2.50. The topological polar surface area (TPSA) is 55.1 Å². The highest BCUT2D eigenvalue weighted by Gasteiger charge is 2.09. The first-order chi connectivity index (χ1) is 5.29. The maximum Gasteiger partial charge on any atom is 0.275 e. The molecule has 1 heterocycles. The lowest BCUT2D eigenvalue weighted by Gasteiger charge is -1.97. The van der Waals surface area contributed by atoms with E-state index in [1.165, 1.54) is 11.3 Å². The minimum atomic E-state index is -0.246. The number of nitrogens with one attached hydrogen (secondary N) is 1. The normalized spacial score (nSPS) is 9.64. The summed E-state index contributed by atoms with van der Waals surface area (Å²) in [7, 11) is 0. The average molecular weight is 188 g/mol. The second kappa shape index (κ2) is 3.75. The maximum atomic E-state index is 11.0. The van der Waals surface area contributed by atoms with Crippen LogP contribution in [0.3, 0.4) is 0 Å². The van der Waals surface area contributed by atoms with Gasteiger partial charge in [-0.2, -0.15) is 12.6 Å². The van der Waals surface area contributed by atoms with Crippen LogP contribution in [0.1, 0.15) is 15.2 Å². The van der Waals surface area contributed by atoms with Gasteiger partial charge >= 0.3 is 0 Å². The summed E-state index contributed by atoms with van der Waals surface area (Å²) in [6, 6.07) is 1.86. The largest absolute Gasteiger partial charge is 0.289 e. The van der Waals surface area contributed by atoms with Crippen LogP contribution in [0.5, 0.6) is 0 Å². The van der Waals surface area contributed by atoms with Gasteiger partial charge in [0.05, 0.1) is 4.88 Å². The van der Waals surface area contributed by atoms with Gasteiger partial charge in [0.15, 0.2) is 0 Å². The van der Waals surface area contributed by atoms with Gasteiger partial charge in [0.1, 0.15) is 0 Å². The predicted octanol–water partition coefficient (Wildman–Crippen LogP) is 0.781. The second-order valence-corrected chi connectivity index (χ2v) is 3.14. The fraction of sp³-hybridized carbons (Fsp3) is 0.167. The van der Waals surface area contributed by atoms with Crippen molar-refractivity contribution in [2.75, 3.05) is 0 Å². The molecule has 0 saturated heterocycles. The molecule has 3 nitrogen and oxygen atoms in total. The molecule has 0 spiro atoms. The summed E-state index contributed by atoms with van der Waals surface area (Å²) in [5.41, 5.74) is 3.00. The molecule has 0 aliphatic rings. The summed E-state index contributed by atoms with van der Waals surface area (Å²) < 4.78 is 0. The van der Waals surface area contributed by atoms with Gasteiger partial charge in [-0.05, 0) is 17.0 Å². The van der Waals surface area contributed by atoms with Crippen molar-refractivity contribution in [1.82, 2.24) is 5.43 Å². The lowest BCUT2D eigenvalue weighted by atomic mass is 10.3. The molecule has 0 aromatic carbocycles. The quantitative estimate of drug-likeness (QED) is 0.278. The molecule has 0 aliphatic carbocycles. The van der Waals surface area contributed by atoms with E-state index in [1.807, 2.05) is 11.4 Å². The summed E-state index contributed by atoms with van der Waals surface area (Å²) in [5, 5.41) is 1.84. The highest BCUT2D eigenvalue weighted by atomic mass is 32.1. The molecule has 1 aromatic heterocycles. The van der Waals surface area contributed by atoms with Crippen molar-refractivity contribution in [2.24, 2.45) is 5.84 Å². The van der Waals surface area contributed by atoms with Gasteiger partial charge in [-0.15, -0.1) is 11.3 Å². The van der Waals surface area contributed by atoms with Gasteiger partial charge in [-0.25, -0.2) is 5.84 Å². The summed E-state index contributed by atoms with van der Waals surface area (Å²) in [6.45, 7) is 0. The monoisotopic (exact) mass is 188 g/mol. The fourth-order valence-corrected chi connectivity index (χ4v) is 1.92. The van der Waals surface area contributed by atoms with E-state index in [0.717, 1.165) is 5.56 Å². The van der Waals surface area contributed by atoms with Gasteiger partial charge in [0.2, 0.25) is 0 Å². The Balaban J connectivity index is 2.92. The van der Waals surface area contributed by atoms with Gasteiger partial charge in [-0.3, -0.25) is 10.2 Å². The SMILES string of the molecule is NNC(=O)c1sccc1CS. The number of thiophene rings is 1. The van der Waals surface area contributed by atoms with Crippen LogP contribution in [-0.4, -0.2) is 5.91 Å². The Hall–Kier alpha value is -0.520. The van der Waals surface area contributed by atoms with Crippen molar-refractivity contribution in [3.05, 3.63) is 21.9 Å². The van der Waals surface area contributed by atoms with E-state index in [0.29, 0.717) is 10.6 Å². The predicted molar refractivity (Wildman–Crippen MR) is 48.7 cm³/mol. The Kier molecular flexibility index (Phi) is 2.92. The van der Waals surface area contributed by atoms with E-state index in [1.54, 1.807) is 0 Å². The Morgan fingerprint density at radius 3 is 3.09 bits per heavy atom. The maximum absolute atomic E-state index is 11.0. The van der Waals surface area contributed by atoms with Crippen molar-refractivity contribution in [3.63, 3.8) is 0 Å². The minimum absolute atomic E-state index is 0.246. The van der Waals surface area contributed by atoms with Crippen LogP contribution in [0, 0.1) is 0 Å². The number of rotatable bonds is 2. The molecule has 0 radical (unpaired) electrons. The van der Waals surface area contributed by atoms with Crippen LogP contribution >= 0.6 is 24.0 Å². The number of hydrogen-bond donors (Lipinski definition) is 3. The Labute approximate surface area is 74.0 Å². The molecule has 1 rings (SSSR count). The molecule has 0 bridgehead atoms. The second-order valence-electron chi connectivity index (χ2n) is 1.91. The first-order valence-electron chi connectivity index (χ1n) is 2.97. The van der Waals surface area contributed by atoms with Crippen LogP contribution in [0.4, 0.5) is 0 Å². The molecule has 11 heavy (non-hydrogen) atoms. The van der Waals surface area contributed by atoms with Crippen LogP contribution in [0.25, 0.3) is 0 Å². The van der Waals surface area contributed by atoms with Crippen molar-refractivity contribution >= 4 is 29.9 Å². The van der Waals surface area contributed by atoms with E-state index in [2.05, 4.69) is 18.1 Å². The number of carbonyl (C=O) groups is 1. The van der Waals surface area contributed by atoms with E-state index in [-0.39, 0.29) is 5.91 Å². The van der Waals surface area contributed by atoms with Crippen molar-refractivity contribution in [1.29, 1.82) is 0 Å². The Morgan fingerprint density at radius 2 is 2.55 bits per heavy atom. The fourth-order valence-electron chi connectivity index (χ4n) is 0.725. The van der Waals surface area contributed by atoms with Crippen molar-refractivity contribution < 1.29 is 4.79 Å². The third kappa shape index (κ3) is 1.74. The van der Waals surface area contributed by atoms with Crippen LogP contribution < -0.4 is 11.3 Å². The molecular weight excluding hydrogens is 180 g/mol. The molecule has 0 fully saturated rings. The van der Waals surface area contributed by atoms with E-state index in [4.69, 9.17) is 5.84 Å². The van der Waals surface area contributed by atoms with Crippen molar-refractivity contribution in [3.8, 4) is 0 Å². The third-order valence-corrected chi connectivity index (χ3v) is 2.55. The Morgan fingerprint density at radius 1 is 1.82 bits per heavy atom. The zero-order chi connectivity index (χ0) is 8.27. The van der Waals surface area contributed by atoms with Crippen LogP contribution in [-0.2, 0) is 5.75 Å². The molecule has 3 N–H and O–H groups in total. The zero-order valence-electron chi connectivity index (χ0n) is 5.70. The first-order valence-corrected chi connectivity index (χ1v) is 4.49. The molecule has 1 amide bonds. The molecule has 0 aliphatic heterocycles. The van der Waals surface area contributed by atoms with Crippen LogP contribution in [0.15, 0.2) is 11.4 Å². The Bertz CT molecular complexity index is 259. The molecule has 60 valence electrons. The molecular formula is C6H8N2OS2. The molecule has 5 heteroatoms. The molecule has 0 atom stereocenters. The number of carbonyl (C=O) groups excluding carboxylic acids is 1. The smallest absolute Gasteiger partial charge is 0.275 e. The van der Waals surface area contributed by atoms with Gasteiger partial charge < -0.3 is 0 Å². The van der Waals surface area contributed by atoms with Gasteiger partial charge in [0.25, 0.3) is 5.91 Å². The highest BCUT2D eigenvalue weighted by Crippen LogP contribution is 2.17. The lowest BCUT2D eigenvalue weighted by Crippen LogP contribution is -2.29. The van der Waals surface area contributed by atoms with Crippen LogP contribution in [0.2, 0.25) is 0 Å². The van der Waals surface area contributed by atoms with E-state index >= 15 is 0 Å². The molecule has 1 aromatic rings. The number of hydrogen-bond acceptors (Lipinski definition) is 4.